The van der Waals surface area contributed by atoms with Crippen molar-refractivity contribution in [3.63, 3.8) is 0 Å². The lowest BCUT2D eigenvalue weighted by atomic mass is 10.3. The Kier molecular flexibility index (Phi) is 2.71. The highest BCUT2D eigenvalue weighted by molar-refractivity contribution is 7.09. The predicted molar refractivity (Wildman–Crippen MR) is 48.3 cm³/mol. The van der Waals surface area contributed by atoms with E-state index >= 15 is 0 Å². The van der Waals surface area contributed by atoms with Gasteiger partial charge < -0.3 is 10.1 Å². The predicted octanol–water partition coefficient (Wildman–Crippen LogP) is 1.19. The molecule has 1 unspecified atom stereocenters. The molecule has 3 nitrogen and oxygen atoms in total. The van der Waals surface area contributed by atoms with E-state index in [1.54, 1.807) is 11.3 Å². The molecule has 2 rings (SSSR count). The zero-order valence-electron chi connectivity index (χ0n) is 6.82. The molecule has 0 saturated carbocycles. The van der Waals surface area contributed by atoms with Gasteiger partial charge in [0.25, 0.3) is 0 Å². The lowest BCUT2D eigenvalue weighted by Crippen LogP contribution is -2.23. The molecule has 1 aromatic heterocycles. The lowest BCUT2D eigenvalue weighted by molar-refractivity contribution is 0.131. The van der Waals surface area contributed by atoms with Crippen LogP contribution in [0, 0.1) is 0 Å². The summed E-state index contributed by atoms with van der Waals surface area (Å²) in [7, 11) is 0. The van der Waals surface area contributed by atoms with Gasteiger partial charge in [0.15, 0.2) is 0 Å². The van der Waals surface area contributed by atoms with E-state index < -0.39 is 0 Å². The van der Waals surface area contributed by atoms with E-state index in [0.717, 1.165) is 31.2 Å². The molecule has 4 heteroatoms. The Hall–Kier alpha value is -0.450. The first-order valence-corrected chi connectivity index (χ1v) is 5.05. The van der Waals surface area contributed by atoms with Crippen LogP contribution in [0.5, 0.6) is 0 Å². The summed E-state index contributed by atoms with van der Waals surface area (Å²) in [4.78, 5) is 4.26. The molecule has 12 heavy (non-hydrogen) atoms. The molecule has 2 heterocycles. The minimum absolute atomic E-state index is 0.312. The van der Waals surface area contributed by atoms with Gasteiger partial charge in [0.2, 0.25) is 0 Å². The number of hydrogen-bond donors (Lipinski definition) is 1. The smallest absolute Gasteiger partial charge is 0.112 e. The molecule has 1 fully saturated rings. The average Bonchev–Trinajstić information content (AvgIpc) is 2.48. The van der Waals surface area contributed by atoms with Crippen molar-refractivity contribution in [1.29, 1.82) is 0 Å². The van der Waals surface area contributed by atoms with Gasteiger partial charge in [-0.3, -0.25) is 0 Å². The Morgan fingerprint density at radius 2 is 2.67 bits per heavy atom. The third-order valence-corrected chi connectivity index (χ3v) is 2.78. The molecule has 1 aliphatic rings. The van der Waals surface area contributed by atoms with Crippen LogP contribution in [-0.2, 0) is 4.74 Å². The summed E-state index contributed by atoms with van der Waals surface area (Å²) in [6.07, 6.45) is 2.94. The van der Waals surface area contributed by atoms with Crippen LogP contribution >= 0.6 is 11.3 Å². The second kappa shape index (κ2) is 3.98. The van der Waals surface area contributed by atoms with E-state index in [1.807, 2.05) is 11.6 Å². The molecule has 1 atom stereocenters. The number of thiazole rings is 1. The molecule has 0 bridgehead atoms. The summed E-state index contributed by atoms with van der Waals surface area (Å²) in [6, 6.07) is 0.312. The van der Waals surface area contributed by atoms with Gasteiger partial charge in [0, 0.05) is 18.2 Å². The summed E-state index contributed by atoms with van der Waals surface area (Å²) >= 11 is 1.69. The molecule has 1 N–H and O–H groups in total. The van der Waals surface area contributed by atoms with E-state index in [4.69, 9.17) is 4.74 Å². The summed E-state index contributed by atoms with van der Waals surface area (Å²) < 4.78 is 5.44. The van der Waals surface area contributed by atoms with E-state index in [0.29, 0.717) is 6.04 Å². The van der Waals surface area contributed by atoms with Crippen LogP contribution < -0.4 is 5.32 Å². The molecule has 1 aromatic rings. The highest BCUT2D eigenvalue weighted by Gasteiger charge is 2.15. The topological polar surface area (TPSA) is 34.1 Å². The van der Waals surface area contributed by atoms with Crippen molar-refractivity contribution in [3.05, 3.63) is 16.6 Å². The largest absolute Gasteiger partial charge is 0.379 e. The normalized spacial score (nSPS) is 25.2. The standard InChI is InChI=1S/C8H12N2OS/c1-2-9-7(6-11-4-1)8-10-3-5-12-8/h3,5,7,9H,1-2,4,6H2. The molecule has 1 aliphatic heterocycles. The first-order chi connectivity index (χ1) is 5.97. The van der Waals surface area contributed by atoms with Gasteiger partial charge in [0.1, 0.15) is 5.01 Å². The Labute approximate surface area is 75.8 Å². The fourth-order valence-corrected chi connectivity index (χ4v) is 1.97. The fraction of sp³-hybridized carbons (Fsp3) is 0.625. The van der Waals surface area contributed by atoms with Gasteiger partial charge in [-0.25, -0.2) is 4.98 Å². The fourth-order valence-electron chi connectivity index (χ4n) is 1.28. The van der Waals surface area contributed by atoms with Crippen molar-refractivity contribution in [2.75, 3.05) is 19.8 Å². The number of rotatable bonds is 1. The van der Waals surface area contributed by atoms with Crippen molar-refractivity contribution in [1.82, 2.24) is 10.3 Å². The monoisotopic (exact) mass is 184 g/mol. The van der Waals surface area contributed by atoms with Gasteiger partial charge in [-0.2, -0.15) is 0 Å². The average molecular weight is 184 g/mol. The molecule has 66 valence electrons. The Bertz CT molecular complexity index is 217. The van der Waals surface area contributed by atoms with E-state index in [9.17, 15) is 0 Å². The van der Waals surface area contributed by atoms with E-state index in [-0.39, 0.29) is 0 Å². The number of ether oxygens (including phenoxy) is 1. The van der Waals surface area contributed by atoms with Crippen LogP contribution in [-0.4, -0.2) is 24.7 Å². The Morgan fingerprint density at radius 1 is 1.67 bits per heavy atom. The third-order valence-electron chi connectivity index (χ3n) is 1.89. The van der Waals surface area contributed by atoms with Gasteiger partial charge in [0.05, 0.1) is 12.6 Å². The van der Waals surface area contributed by atoms with Crippen molar-refractivity contribution in [2.45, 2.75) is 12.5 Å². The second-order valence-electron chi connectivity index (χ2n) is 2.81. The molecular formula is C8H12N2OS. The van der Waals surface area contributed by atoms with Crippen molar-refractivity contribution in [3.8, 4) is 0 Å². The van der Waals surface area contributed by atoms with Crippen LogP contribution in [0.2, 0.25) is 0 Å². The van der Waals surface area contributed by atoms with Crippen LogP contribution in [0.15, 0.2) is 11.6 Å². The second-order valence-corrected chi connectivity index (χ2v) is 3.73. The first-order valence-electron chi connectivity index (χ1n) is 4.17. The molecular weight excluding hydrogens is 172 g/mol. The van der Waals surface area contributed by atoms with Gasteiger partial charge in [-0.15, -0.1) is 11.3 Å². The summed E-state index contributed by atoms with van der Waals surface area (Å²) in [5.74, 6) is 0. The Balaban J connectivity index is 2.02. The SMILES string of the molecule is c1csc(C2COCCCN2)n1. The summed E-state index contributed by atoms with van der Waals surface area (Å²) in [5.41, 5.74) is 0. The van der Waals surface area contributed by atoms with Crippen LogP contribution in [0.4, 0.5) is 0 Å². The zero-order chi connectivity index (χ0) is 8.23. The van der Waals surface area contributed by atoms with Crippen LogP contribution in [0.1, 0.15) is 17.5 Å². The maximum absolute atomic E-state index is 5.44. The van der Waals surface area contributed by atoms with E-state index in [2.05, 4.69) is 10.3 Å². The van der Waals surface area contributed by atoms with Crippen LogP contribution in [0.25, 0.3) is 0 Å². The molecule has 0 spiro atoms. The number of hydrogen-bond acceptors (Lipinski definition) is 4. The van der Waals surface area contributed by atoms with E-state index in [1.165, 1.54) is 0 Å². The Morgan fingerprint density at radius 3 is 3.50 bits per heavy atom. The van der Waals surface area contributed by atoms with Crippen molar-refractivity contribution >= 4 is 11.3 Å². The number of aromatic nitrogens is 1. The summed E-state index contributed by atoms with van der Waals surface area (Å²) in [6.45, 7) is 2.66. The zero-order valence-corrected chi connectivity index (χ0v) is 7.64. The molecule has 1 saturated heterocycles. The molecule has 0 aliphatic carbocycles. The molecule has 0 aromatic carbocycles. The van der Waals surface area contributed by atoms with Gasteiger partial charge >= 0.3 is 0 Å². The maximum atomic E-state index is 5.44. The van der Waals surface area contributed by atoms with Crippen molar-refractivity contribution in [2.24, 2.45) is 0 Å². The quantitative estimate of drug-likeness (QED) is 0.712. The van der Waals surface area contributed by atoms with Gasteiger partial charge in [-0.05, 0) is 13.0 Å². The number of nitrogens with one attached hydrogen (secondary N) is 1. The third kappa shape index (κ3) is 1.83. The van der Waals surface area contributed by atoms with Gasteiger partial charge in [-0.1, -0.05) is 0 Å². The number of nitrogens with zero attached hydrogens (tertiary/aromatic N) is 1. The van der Waals surface area contributed by atoms with Crippen molar-refractivity contribution < 1.29 is 4.74 Å². The molecule has 0 amide bonds. The van der Waals surface area contributed by atoms with Crippen LogP contribution in [0.3, 0.4) is 0 Å². The highest BCUT2D eigenvalue weighted by atomic mass is 32.1. The minimum atomic E-state index is 0.312. The highest BCUT2D eigenvalue weighted by Crippen LogP contribution is 2.17. The minimum Gasteiger partial charge on any atom is -0.379 e. The summed E-state index contributed by atoms with van der Waals surface area (Å²) in [5, 5.41) is 6.54. The maximum Gasteiger partial charge on any atom is 0.112 e. The first kappa shape index (κ1) is 8.16. The molecule has 0 radical (unpaired) electrons. The lowest BCUT2D eigenvalue weighted by Gasteiger charge is -2.11.